The fourth-order valence-corrected chi connectivity index (χ4v) is 4.56. The third-order valence-electron chi connectivity index (χ3n) is 6.78. The van der Waals surface area contributed by atoms with Gasteiger partial charge in [0.2, 0.25) is 0 Å². The number of methoxy groups -OCH3 is 1. The lowest BCUT2D eigenvalue weighted by Crippen LogP contribution is -2.31. The molecule has 1 saturated heterocycles. The molecule has 0 radical (unpaired) electrons. The molecule has 1 unspecified atom stereocenters. The SMILES string of the molecule is COc1ccc(CCN2C(=O)C(=O)/C(=C(\O)c3ccc([N+](=O)[O-])cc3)C2c2ccc(C(C)(C)C)cc2)cc1. The van der Waals surface area contributed by atoms with Gasteiger partial charge in [0, 0.05) is 24.2 Å². The van der Waals surface area contributed by atoms with Gasteiger partial charge in [0.25, 0.3) is 17.4 Å². The van der Waals surface area contributed by atoms with Crippen molar-refractivity contribution in [1.82, 2.24) is 4.90 Å². The average molecular weight is 515 g/mol. The number of rotatable bonds is 7. The molecule has 8 nitrogen and oxygen atoms in total. The van der Waals surface area contributed by atoms with Crippen molar-refractivity contribution in [2.24, 2.45) is 0 Å². The second-order valence-corrected chi connectivity index (χ2v) is 10.3. The second-order valence-electron chi connectivity index (χ2n) is 10.3. The monoisotopic (exact) mass is 514 g/mol. The van der Waals surface area contributed by atoms with Gasteiger partial charge in [0.15, 0.2) is 0 Å². The van der Waals surface area contributed by atoms with Crippen molar-refractivity contribution in [2.75, 3.05) is 13.7 Å². The molecule has 38 heavy (non-hydrogen) atoms. The Kier molecular flexibility index (Phi) is 7.35. The van der Waals surface area contributed by atoms with Crippen LogP contribution in [0.5, 0.6) is 5.75 Å². The Hall–Kier alpha value is -4.46. The zero-order valence-electron chi connectivity index (χ0n) is 21.8. The summed E-state index contributed by atoms with van der Waals surface area (Å²) in [6.45, 7) is 6.53. The molecular weight excluding hydrogens is 484 g/mol. The zero-order valence-corrected chi connectivity index (χ0v) is 21.8. The summed E-state index contributed by atoms with van der Waals surface area (Å²) in [6.07, 6.45) is 0.491. The lowest BCUT2D eigenvalue weighted by Gasteiger charge is -2.26. The molecule has 0 aromatic heterocycles. The van der Waals surface area contributed by atoms with Gasteiger partial charge in [-0.1, -0.05) is 57.2 Å². The van der Waals surface area contributed by atoms with Crippen molar-refractivity contribution in [1.29, 1.82) is 0 Å². The minimum Gasteiger partial charge on any atom is -0.507 e. The van der Waals surface area contributed by atoms with Crippen LogP contribution < -0.4 is 4.74 Å². The normalized spacial score (nSPS) is 17.1. The molecule has 8 heteroatoms. The minimum atomic E-state index is -0.808. The summed E-state index contributed by atoms with van der Waals surface area (Å²) < 4.78 is 5.21. The molecule has 3 aromatic carbocycles. The van der Waals surface area contributed by atoms with Crippen molar-refractivity contribution in [2.45, 2.75) is 38.6 Å². The number of likely N-dealkylation sites (tertiary alicyclic amines) is 1. The highest BCUT2D eigenvalue weighted by atomic mass is 16.6. The average Bonchev–Trinajstić information content (AvgIpc) is 3.16. The standard InChI is InChI=1S/C30H30N2O6/c1-30(2,3)22-11-7-20(8-12-22)26-25(27(33)21-9-13-23(14-10-21)32(36)37)28(34)29(35)31(26)18-17-19-5-15-24(38-4)16-6-19/h5-16,26,33H,17-18H2,1-4H3/b27-25-. The van der Waals surface area contributed by atoms with Crippen LogP contribution in [-0.2, 0) is 21.4 Å². The number of ketones is 1. The zero-order chi connectivity index (χ0) is 27.6. The van der Waals surface area contributed by atoms with E-state index in [1.165, 1.54) is 29.2 Å². The van der Waals surface area contributed by atoms with E-state index in [-0.39, 0.29) is 34.5 Å². The summed E-state index contributed by atoms with van der Waals surface area (Å²) in [5, 5.41) is 22.3. The largest absolute Gasteiger partial charge is 0.507 e. The summed E-state index contributed by atoms with van der Waals surface area (Å²) >= 11 is 0. The maximum atomic E-state index is 13.3. The molecule has 1 aliphatic heterocycles. The fourth-order valence-electron chi connectivity index (χ4n) is 4.56. The Bertz CT molecular complexity index is 1380. The van der Waals surface area contributed by atoms with Gasteiger partial charge in [-0.2, -0.15) is 0 Å². The number of hydrogen-bond acceptors (Lipinski definition) is 6. The summed E-state index contributed by atoms with van der Waals surface area (Å²) in [5.41, 5.74) is 2.69. The van der Waals surface area contributed by atoms with E-state index in [9.17, 15) is 24.8 Å². The predicted octanol–water partition coefficient (Wildman–Crippen LogP) is 5.57. The number of Topliss-reactive ketones (excluding diaryl/α,β-unsaturated/α-hetero) is 1. The molecule has 3 aromatic rings. The van der Waals surface area contributed by atoms with Gasteiger partial charge in [0.1, 0.15) is 11.5 Å². The summed E-state index contributed by atoms with van der Waals surface area (Å²) in [4.78, 5) is 38.5. The first-order valence-electron chi connectivity index (χ1n) is 12.3. The Morgan fingerprint density at radius 2 is 1.58 bits per heavy atom. The smallest absolute Gasteiger partial charge is 0.295 e. The maximum absolute atomic E-state index is 13.3. The van der Waals surface area contributed by atoms with E-state index in [1.54, 1.807) is 7.11 Å². The molecule has 4 rings (SSSR count). The van der Waals surface area contributed by atoms with E-state index in [1.807, 2.05) is 48.5 Å². The number of nitro groups is 1. The van der Waals surface area contributed by atoms with E-state index < -0.39 is 22.7 Å². The molecule has 0 bridgehead atoms. The van der Waals surface area contributed by atoms with Crippen LogP contribution in [0.15, 0.2) is 78.4 Å². The first-order chi connectivity index (χ1) is 18.0. The Morgan fingerprint density at radius 1 is 0.974 bits per heavy atom. The molecule has 196 valence electrons. The van der Waals surface area contributed by atoms with Crippen molar-refractivity contribution in [3.8, 4) is 5.75 Å². The maximum Gasteiger partial charge on any atom is 0.295 e. The number of ether oxygens (including phenoxy) is 1. The van der Waals surface area contributed by atoms with Gasteiger partial charge < -0.3 is 14.7 Å². The highest BCUT2D eigenvalue weighted by molar-refractivity contribution is 6.46. The number of non-ortho nitro benzene ring substituents is 1. The second kappa shape index (κ2) is 10.5. The van der Waals surface area contributed by atoms with E-state index in [2.05, 4.69) is 20.8 Å². The van der Waals surface area contributed by atoms with Crippen LogP contribution in [0.4, 0.5) is 5.69 Å². The van der Waals surface area contributed by atoms with Crippen molar-refractivity contribution in [3.05, 3.63) is 111 Å². The molecule has 0 spiro atoms. The van der Waals surface area contributed by atoms with Crippen molar-refractivity contribution >= 4 is 23.1 Å². The number of benzene rings is 3. The number of nitro benzene ring substituents is 1. The third kappa shape index (κ3) is 5.29. The van der Waals surface area contributed by atoms with Crippen LogP contribution in [0.25, 0.3) is 5.76 Å². The highest BCUT2D eigenvalue weighted by Gasteiger charge is 2.45. The Labute approximate surface area is 221 Å². The van der Waals surface area contributed by atoms with Crippen LogP contribution in [0.3, 0.4) is 0 Å². The van der Waals surface area contributed by atoms with Gasteiger partial charge in [-0.25, -0.2) is 0 Å². The summed E-state index contributed by atoms with van der Waals surface area (Å²) in [6, 6.07) is 19.6. The number of hydrogen-bond donors (Lipinski definition) is 1. The first kappa shape index (κ1) is 26.6. The van der Waals surface area contributed by atoms with Gasteiger partial charge in [-0.15, -0.1) is 0 Å². The summed E-state index contributed by atoms with van der Waals surface area (Å²) in [7, 11) is 1.59. The highest BCUT2D eigenvalue weighted by Crippen LogP contribution is 2.40. The van der Waals surface area contributed by atoms with E-state index in [4.69, 9.17) is 4.74 Å². The Balaban J connectivity index is 1.76. The lowest BCUT2D eigenvalue weighted by atomic mass is 9.85. The number of aliphatic hydroxyl groups is 1. The van der Waals surface area contributed by atoms with Gasteiger partial charge in [0.05, 0.1) is 23.6 Å². The Morgan fingerprint density at radius 3 is 2.11 bits per heavy atom. The molecule has 1 fully saturated rings. The van der Waals surface area contributed by atoms with Crippen LogP contribution in [0, 0.1) is 10.1 Å². The minimum absolute atomic E-state index is 0.0397. The molecule has 1 amide bonds. The van der Waals surface area contributed by atoms with Crippen molar-refractivity contribution in [3.63, 3.8) is 0 Å². The van der Waals surface area contributed by atoms with Gasteiger partial charge in [-0.3, -0.25) is 19.7 Å². The van der Waals surface area contributed by atoms with Gasteiger partial charge in [-0.05, 0) is 52.8 Å². The number of carbonyl (C=O) groups is 2. The third-order valence-corrected chi connectivity index (χ3v) is 6.78. The number of carbonyl (C=O) groups excluding carboxylic acids is 2. The first-order valence-corrected chi connectivity index (χ1v) is 12.3. The van der Waals surface area contributed by atoms with Gasteiger partial charge >= 0.3 is 0 Å². The molecule has 1 heterocycles. The lowest BCUT2D eigenvalue weighted by molar-refractivity contribution is -0.384. The molecule has 0 saturated carbocycles. The molecule has 1 aliphatic rings. The fraction of sp³-hybridized carbons (Fsp3) is 0.267. The summed E-state index contributed by atoms with van der Waals surface area (Å²) in [5.74, 6) is -1.14. The van der Waals surface area contributed by atoms with Crippen molar-refractivity contribution < 1.29 is 24.4 Å². The molecule has 1 atom stereocenters. The van der Waals surface area contributed by atoms with Crippen LogP contribution >= 0.6 is 0 Å². The molecule has 1 N–H and O–H groups in total. The number of nitrogens with zero attached hydrogens (tertiary/aromatic N) is 2. The number of amides is 1. The van der Waals surface area contributed by atoms with E-state index >= 15 is 0 Å². The quantitative estimate of drug-likeness (QED) is 0.145. The predicted molar refractivity (Wildman–Crippen MR) is 144 cm³/mol. The number of aliphatic hydroxyl groups excluding tert-OH is 1. The molecular formula is C30H30N2O6. The van der Waals surface area contributed by atoms with E-state index in [0.717, 1.165) is 16.9 Å². The van der Waals surface area contributed by atoms with Crippen LogP contribution in [-0.4, -0.2) is 40.3 Å². The van der Waals surface area contributed by atoms with Crippen LogP contribution in [0.1, 0.15) is 49.1 Å². The molecule has 0 aliphatic carbocycles. The van der Waals surface area contributed by atoms with Crippen LogP contribution in [0.2, 0.25) is 0 Å². The van der Waals surface area contributed by atoms with E-state index in [0.29, 0.717) is 12.0 Å². The topological polar surface area (TPSA) is 110 Å².